The summed E-state index contributed by atoms with van der Waals surface area (Å²) in [5.74, 6) is 0.158. The van der Waals surface area contributed by atoms with Gasteiger partial charge in [-0.15, -0.1) is 0 Å². The lowest BCUT2D eigenvalue weighted by Crippen LogP contribution is -2.32. The van der Waals surface area contributed by atoms with Crippen molar-refractivity contribution in [3.8, 4) is 5.88 Å². The van der Waals surface area contributed by atoms with Gasteiger partial charge in [0, 0.05) is 43.7 Å². The third kappa shape index (κ3) is 5.82. The number of nitrogens with zero attached hydrogens (tertiary/aromatic N) is 5. The molecular formula is C27H31N7O4. The zero-order valence-corrected chi connectivity index (χ0v) is 21.0. The van der Waals surface area contributed by atoms with Crippen LogP contribution in [-0.2, 0) is 11.2 Å². The van der Waals surface area contributed by atoms with Crippen LogP contribution in [0, 0.1) is 5.92 Å². The van der Waals surface area contributed by atoms with Gasteiger partial charge in [-0.25, -0.2) is 0 Å². The lowest BCUT2D eigenvalue weighted by atomic mass is 9.77. The Hall–Kier alpha value is -4.28. The minimum atomic E-state index is -0.720. The molecule has 4 N–H and O–H groups in total. The van der Waals surface area contributed by atoms with E-state index in [-0.39, 0.29) is 48.1 Å². The quantitative estimate of drug-likeness (QED) is 0.405. The minimum absolute atomic E-state index is 0.0589. The molecule has 198 valence electrons. The summed E-state index contributed by atoms with van der Waals surface area (Å²) in [4.78, 5) is 43.1. The van der Waals surface area contributed by atoms with Gasteiger partial charge in [0.05, 0.1) is 12.2 Å². The van der Waals surface area contributed by atoms with Gasteiger partial charge in [0.25, 0.3) is 5.91 Å². The van der Waals surface area contributed by atoms with E-state index in [4.69, 9.17) is 15.6 Å². The molecule has 1 saturated carbocycles. The Balaban J connectivity index is 1.25. The Morgan fingerprint density at radius 2 is 1.92 bits per heavy atom. The van der Waals surface area contributed by atoms with Gasteiger partial charge in [-0.2, -0.15) is 9.97 Å². The fourth-order valence-electron chi connectivity index (χ4n) is 5.19. The van der Waals surface area contributed by atoms with Crippen LogP contribution >= 0.6 is 0 Å². The molecule has 3 aromatic rings. The van der Waals surface area contributed by atoms with E-state index in [1.54, 1.807) is 23.5 Å². The third-order valence-electron chi connectivity index (χ3n) is 7.18. The summed E-state index contributed by atoms with van der Waals surface area (Å²) in [7, 11) is 0. The smallest absolute Gasteiger partial charge is 0.303 e. The number of nitrogens with two attached hydrogens (primary N) is 1. The number of nitrogen functional groups attached to an aromatic ring is 1. The summed E-state index contributed by atoms with van der Waals surface area (Å²) in [6, 6.07) is 8.00. The van der Waals surface area contributed by atoms with E-state index in [9.17, 15) is 9.59 Å². The van der Waals surface area contributed by atoms with Crippen LogP contribution in [0.15, 0.2) is 42.9 Å². The maximum Gasteiger partial charge on any atom is 0.303 e. The van der Waals surface area contributed by atoms with Gasteiger partial charge in [0.15, 0.2) is 0 Å². The van der Waals surface area contributed by atoms with Crippen LogP contribution in [0.2, 0.25) is 0 Å². The predicted octanol–water partition coefficient (Wildman–Crippen LogP) is 3.29. The number of hydrogen-bond donors (Lipinski definition) is 3. The highest BCUT2D eigenvalue weighted by atomic mass is 16.5. The second kappa shape index (κ2) is 11.4. The molecule has 1 aliphatic carbocycles. The fourth-order valence-corrected chi connectivity index (χ4v) is 5.19. The number of carbonyl (C=O) groups is 2. The van der Waals surface area contributed by atoms with Gasteiger partial charge in [-0.3, -0.25) is 19.6 Å². The molecule has 2 aromatic heterocycles. The molecule has 0 bridgehead atoms. The monoisotopic (exact) mass is 517 g/mol. The number of carboxylic acid groups (broad SMARTS) is 1. The average molecular weight is 518 g/mol. The van der Waals surface area contributed by atoms with Crippen molar-refractivity contribution in [3.05, 3.63) is 59.7 Å². The van der Waals surface area contributed by atoms with Crippen molar-refractivity contribution in [1.82, 2.24) is 19.9 Å². The maximum atomic E-state index is 13.5. The first-order valence-corrected chi connectivity index (χ1v) is 12.9. The highest BCUT2D eigenvalue weighted by Crippen LogP contribution is 2.38. The van der Waals surface area contributed by atoms with Crippen molar-refractivity contribution in [2.45, 2.75) is 44.4 Å². The largest absolute Gasteiger partial charge is 0.481 e. The van der Waals surface area contributed by atoms with Crippen molar-refractivity contribution < 1.29 is 19.4 Å². The second-order valence-corrected chi connectivity index (χ2v) is 9.70. The number of aromatic nitrogens is 4. The lowest BCUT2D eigenvalue weighted by molar-refractivity contribution is -0.138. The van der Waals surface area contributed by atoms with Crippen molar-refractivity contribution >= 4 is 29.3 Å². The second-order valence-electron chi connectivity index (χ2n) is 9.70. The first-order valence-electron chi connectivity index (χ1n) is 12.9. The number of carboxylic acids is 1. The molecule has 38 heavy (non-hydrogen) atoms. The van der Waals surface area contributed by atoms with Crippen molar-refractivity contribution in [3.63, 3.8) is 0 Å². The van der Waals surface area contributed by atoms with Crippen LogP contribution < -0.4 is 20.7 Å². The molecule has 11 nitrogen and oxygen atoms in total. The summed E-state index contributed by atoms with van der Waals surface area (Å²) in [6.45, 7) is 1.14. The Bertz CT molecular complexity index is 1280. The minimum Gasteiger partial charge on any atom is -0.481 e. The molecule has 1 aliphatic heterocycles. The van der Waals surface area contributed by atoms with Crippen LogP contribution in [0.1, 0.15) is 59.6 Å². The number of nitrogens with one attached hydrogen (secondary N) is 1. The number of amides is 1. The van der Waals surface area contributed by atoms with Gasteiger partial charge in [0.2, 0.25) is 11.8 Å². The summed E-state index contributed by atoms with van der Waals surface area (Å²) >= 11 is 0. The molecule has 0 radical (unpaired) electrons. The summed E-state index contributed by atoms with van der Waals surface area (Å²) in [5.41, 5.74) is 9.16. The predicted molar refractivity (Wildman–Crippen MR) is 141 cm³/mol. The van der Waals surface area contributed by atoms with E-state index in [0.717, 1.165) is 37.1 Å². The molecule has 3 heterocycles. The number of ether oxygens (including phenoxy) is 1. The fraction of sp³-hybridized carbons (Fsp3) is 0.407. The summed E-state index contributed by atoms with van der Waals surface area (Å²) < 4.78 is 5.82. The molecule has 0 atom stereocenters. The van der Waals surface area contributed by atoms with Crippen LogP contribution in [0.4, 0.5) is 17.5 Å². The highest BCUT2D eigenvalue weighted by Gasteiger charge is 2.30. The lowest BCUT2D eigenvalue weighted by Gasteiger charge is -2.28. The molecule has 0 unspecified atom stereocenters. The van der Waals surface area contributed by atoms with E-state index in [1.165, 1.54) is 5.56 Å². The van der Waals surface area contributed by atoms with Crippen LogP contribution in [0.5, 0.6) is 5.88 Å². The normalized spacial score (nSPS) is 19.3. The number of anilines is 3. The topological polar surface area (TPSA) is 156 Å². The van der Waals surface area contributed by atoms with Crippen molar-refractivity contribution in [1.29, 1.82) is 0 Å². The first-order chi connectivity index (χ1) is 18.5. The SMILES string of the molecule is Nc1nc(NCCc2cnccn2)nc2c1C(=O)N(c1ccc([C@H]3CC[C@H](CC(=O)O)CC3)cc1)CCO2. The van der Waals surface area contributed by atoms with Gasteiger partial charge in [-0.05, 0) is 55.2 Å². The molecule has 5 rings (SSSR count). The first kappa shape index (κ1) is 25.4. The Labute approximate surface area is 220 Å². The standard InChI is InChI=1S/C27H31N7O4/c28-24-23-25(33-27(32-24)31-10-9-20-16-29-11-12-30-20)38-14-13-34(26(23)37)21-7-5-19(6-8-21)18-3-1-17(2-4-18)15-22(35)36/h5-8,11-12,16-18H,1-4,9-10,13-15H2,(H,35,36)(H3,28,31,32,33)/t17-,18-. The van der Waals surface area contributed by atoms with Crippen LogP contribution in [0.3, 0.4) is 0 Å². The van der Waals surface area contributed by atoms with E-state index in [2.05, 4.69) is 37.4 Å². The van der Waals surface area contributed by atoms with Crippen molar-refractivity contribution in [2.24, 2.45) is 5.92 Å². The zero-order chi connectivity index (χ0) is 26.5. The molecule has 1 fully saturated rings. The number of aliphatic carboxylic acids is 1. The molecule has 1 amide bonds. The third-order valence-corrected chi connectivity index (χ3v) is 7.18. The summed E-state index contributed by atoms with van der Waals surface area (Å²) in [6.07, 6.45) is 9.64. The Morgan fingerprint density at radius 1 is 1.13 bits per heavy atom. The number of fused-ring (bicyclic) bond motifs is 1. The molecule has 11 heteroatoms. The van der Waals surface area contributed by atoms with E-state index < -0.39 is 5.97 Å². The molecule has 1 aromatic carbocycles. The summed E-state index contributed by atoms with van der Waals surface area (Å²) in [5, 5.41) is 12.2. The number of hydrogen-bond acceptors (Lipinski definition) is 9. The van der Waals surface area contributed by atoms with Crippen LogP contribution in [0.25, 0.3) is 0 Å². The van der Waals surface area contributed by atoms with E-state index in [0.29, 0.717) is 25.4 Å². The zero-order valence-electron chi connectivity index (χ0n) is 21.0. The average Bonchev–Trinajstić information content (AvgIpc) is 3.08. The van der Waals surface area contributed by atoms with E-state index >= 15 is 0 Å². The number of carbonyl (C=O) groups excluding carboxylic acids is 1. The van der Waals surface area contributed by atoms with Gasteiger partial charge in [-0.1, -0.05) is 12.1 Å². The number of benzene rings is 1. The highest BCUT2D eigenvalue weighted by molar-refractivity contribution is 6.10. The molecule has 2 aliphatic rings. The van der Waals surface area contributed by atoms with E-state index in [1.807, 2.05) is 12.1 Å². The van der Waals surface area contributed by atoms with Gasteiger partial charge in [0.1, 0.15) is 18.0 Å². The molecule has 0 spiro atoms. The van der Waals surface area contributed by atoms with Crippen molar-refractivity contribution in [2.75, 3.05) is 35.6 Å². The Morgan fingerprint density at radius 3 is 2.63 bits per heavy atom. The molecular weight excluding hydrogens is 486 g/mol. The Kier molecular flexibility index (Phi) is 7.62. The maximum absolute atomic E-state index is 13.5. The van der Waals surface area contributed by atoms with Gasteiger partial charge >= 0.3 is 5.97 Å². The molecule has 0 saturated heterocycles. The number of rotatable bonds is 8. The van der Waals surface area contributed by atoms with Gasteiger partial charge < -0.3 is 25.8 Å². The van der Waals surface area contributed by atoms with Crippen LogP contribution in [-0.4, -0.2) is 56.6 Å².